The number of aryl methyl sites for hydroxylation is 2. The number of methoxy groups -OCH3 is 1. The van der Waals surface area contributed by atoms with Gasteiger partial charge < -0.3 is 10.1 Å². The summed E-state index contributed by atoms with van der Waals surface area (Å²) in [5.74, 6) is 0. The van der Waals surface area contributed by atoms with Crippen LogP contribution in [0.2, 0.25) is 0 Å². The van der Waals surface area contributed by atoms with Crippen molar-refractivity contribution in [3.63, 3.8) is 0 Å². The van der Waals surface area contributed by atoms with Crippen LogP contribution in [0.25, 0.3) is 0 Å². The molecule has 0 spiro atoms. The average Bonchev–Trinajstić information content (AvgIpc) is 2.32. The Balaban J connectivity index is 2.70. The largest absolute Gasteiger partial charge is 0.385 e. The van der Waals surface area contributed by atoms with E-state index in [9.17, 15) is 0 Å². The summed E-state index contributed by atoms with van der Waals surface area (Å²) in [6.45, 7) is 8.34. The van der Waals surface area contributed by atoms with Crippen LogP contribution in [0.4, 0.5) is 0 Å². The van der Waals surface area contributed by atoms with Gasteiger partial charge in [-0.25, -0.2) is 0 Å². The quantitative estimate of drug-likeness (QED) is 0.732. The molecule has 0 aromatic heterocycles. The van der Waals surface area contributed by atoms with Gasteiger partial charge in [-0.2, -0.15) is 0 Å². The van der Waals surface area contributed by atoms with Crippen molar-refractivity contribution in [1.82, 2.24) is 5.32 Å². The molecule has 1 unspecified atom stereocenters. The lowest BCUT2D eigenvalue weighted by molar-refractivity contribution is 0.189. The van der Waals surface area contributed by atoms with E-state index in [1.54, 1.807) is 7.11 Å². The van der Waals surface area contributed by atoms with Crippen molar-refractivity contribution in [2.75, 3.05) is 20.3 Å². The van der Waals surface area contributed by atoms with Gasteiger partial charge in [0.2, 0.25) is 0 Å². The molecular weight excluding hydrogens is 210 g/mol. The molecule has 0 aliphatic carbocycles. The first-order valence-electron chi connectivity index (χ1n) is 6.48. The SMILES string of the molecule is CCNC(CCCOC)c1ccc(C)c(C)c1. The third kappa shape index (κ3) is 4.49. The van der Waals surface area contributed by atoms with Crippen LogP contribution in [0.15, 0.2) is 18.2 Å². The molecule has 0 radical (unpaired) electrons. The first kappa shape index (κ1) is 14.2. The molecule has 17 heavy (non-hydrogen) atoms. The molecule has 0 saturated carbocycles. The average molecular weight is 235 g/mol. The molecule has 2 nitrogen and oxygen atoms in total. The van der Waals surface area contributed by atoms with Crippen molar-refractivity contribution >= 4 is 0 Å². The van der Waals surface area contributed by atoms with Crippen LogP contribution in [-0.2, 0) is 4.74 Å². The third-order valence-electron chi connectivity index (χ3n) is 3.23. The third-order valence-corrected chi connectivity index (χ3v) is 3.23. The van der Waals surface area contributed by atoms with Crippen molar-refractivity contribution < 1.29 is 4.74 Å². The Morgan fingerprint density at radius 2 is 2.00 bits per heavy atom. The van der Waals surface area contributed by atoms with Gasteiger partial charge in [-0.15, -0.1) is 0 Å². The first-order valence-corrected chi connectivity index (χ1v) is 6.48. The molecule has 0 heterocycles. The Hall–Kier alpha value is -0.860. The highest BCUT2D eigenvalue weighted by Gasteiger charge is 2.10. The Kier molecular flexibility index (Phi) is 6.23. The minimum absolute atomic E-state index is 0.453. The number of nitrogens with one attached hydrogen (secondary N) is 1. The summed E-state index contributed by atoms with van der Waals surface area (Å²) in [5.41, 5.74) is 4.13. The summed E-state index contributed by atoms with van der Waals surface area (Å²) in [6.07, 6.45) is 2.23. The summed E-state index contributed by atoms with van der Waals surface area (Å²) < 4.78 is 5.12. The second-order valence-electron chi connectivity index (χ2n) is 4.59. The molecule has 1 N–H and O–H groups in total. The molecule has 0 aliphatic heterocycles. The van der Waals surface area contributed by atoms with E-state index in [0.29, 0.717) is 6.04 Å². The van der Waals surface area contributed by atoms with Crippen molar-refractivity contribution in [3.8, 4) is 0 Å². The van der Waals surface area contributed by atoms with Gasteiger partial charge in [0.05, 0.1) is 0 Å². The van der Waals surface area contributed by atoms with Gasteiger partial charge in [-0.1, -0.05) is 25.1 Å². The summed E-state index contributed by atoms with van der Waals surface area (Å²) in [6, 6.07) is 7.21. The normalized spacial score (nSPS) is 12.7. The van der Waals surface area contributed by atoms with E-state index in [1.807, 2.05) is 0 Å². The number of hydrogen-bond donors (Lipinski definition) is 1. The zero-order valence-corrected chi connectivity index (χ0v) is 11.5. The van der Waals surface area contributed by atoms with Crippen LogP contribution in [-0.4, -0.2) is 20.3 Å². The lowest BCUT2D eigenvalue weighted by atomic mass is 9.98. The minimum atomic E-state index is 0.453. The fraction of sp³-hybridized carbons (Fsp3) is 0.600. The topological polar surface area (TPSA) is 21.3 Å². The molecule has 96 valence electrons. The zero-order valence-electron chi connectivity index (χ0n) is 11.5. The second kappa shape index (κ2) is 7.46. The molecule has 0 fully saturated rings. The predicted octanol–water partition coefficient (Wildman–Crippen LogP) is 3.38. The van der Waals surface area contributed by atoms with Crippen molar-refractivity contribution in [2.24, 2.45) is 0 Å². The molecule has 0 saturated heterocycles. The molecule has 1 atom stereocenters. The van der Waals surface area contributed by atoms with Crippen LogP contribution < -0.4 is 5.32 Å². The zero-order chi connectivity index (χ0) is 12.7. The minimum Gasteiger partial charge on any atom is -0.385 e. The van der Waals surface area contributed by atoms with Gasteiger partial charge in [0.1, 0.15) is 0 Å². The monoisotopic (exact) mass is 235 g/mol. The molecule has 0 amide bonds. The first-order chi connectivity index (χ1) is 8.19. The summed E-state index contributed by atoms with van der Waals surface area (Å²) in [7, 11) is 1.76. The van der Waals surface area contributed by atoms with Gasteiger partial charge in [-0.3, -0.25) is 0 Å². The van der Waals surface area contributed by atoms with Crippen LogP contribution in [0.1, 0.15) is 42.5 Å². The van der Waals surface area contributed by atoms with Gasteiger partial charge >= 0.3 is 0 Å². The fourth-order valence-electron chi connectivity index (χ4n) is 2.05. The number of ether oxygens (including phenoxy) is 1. The van der Waals surface area contributed by atoms with E-state index in [2.05, 4.69) is 44.3 Å². The Bertz CT molecular complexity index is 336. The van der Waals surface area contributed by atoms with Gasteiger partial charge in [0, 0.05) is 19.8 Å². The number of benzene rings is 1. The van der Waals surface area contributed by atoms with E-state index in [0.717, 1.165) is 26.0 Å². The van der Waals surface area contributed by atoms with Crippen molar-refractivity contribution in [2.45, 2.75) is 39.7 Å². The lowest BCUT2D eigenvalue weighted by Crippen LogP contribution is -2.21. The van der Waals surface area contributed by atoms with Crippen LogP contribution in [0, 0.1) is 13.8 Å². The second-order valence-corrected chi connectivity index (χ2v) is 4.59. The van der Waals surface area contributed by atoms with E-state index in [1.165, 1.54) is 16.7 Å². The molecule has 2 heteroatoms. The standard InChI is InChI=1S/C15H25NO/c1-5-16-15(7-6-10-17-4)14-9-8-12(2)13(3)11-14/h8-9,11,15-16H,5-7,10H2,1-4H3. The smallest absolute Gasteiger partial charge is 0.0462 e. The van der Waals surface area contributed by atoms with E-state index >= 15 is 0 Å². The highest BCUT2D eigenvalue weighted by atomic mass is 16.5. The lowest BCUT2D eigenvalue weighted by Gasteiger charge is -2.19. The Morgan fingerprint density at radius 3 is 2.59 bits per heavy atom. The fourth-order valence-corrected chi connectivity index (χ4v) is 2.05. The Morgan fingerprint density at radius 1 is 1.24 bits per heavy atom. The number of hydrogen-bond acceptors (Lipinski definition) is 2. The van der Waals surface area contributed by atoms with E-state index < -0.39 is 0 Å². The van der Waals surface area contributed by atoms with Gasteiger partial charge in [0.25, 0.3) is 0 Å². The maximum absolute atomic E-state index is 5.12. The number of rotatable bonds is 7. The molecule has 1 aromatic rings. The maximum Gasteiger partial charge on any atom is 0.0462 e. The highest BCUT2D eigenvalue weighted by molar-refractivity contribution is 5.31. The molecular formula is C15H25NO. The molecule has 1 aromatic carbocycles. The molecule has 1 rings (SSSR count). The maximum atomic E-state index is 5.12. The molecule has 0 bridgehead atoms. The summed E-state index contributed by atoms with van der Waals surface area (Å²) >= 11 is 0. The Labute approximate surface area is 105 Å². The predicted molar refractivity (Wildman–Crippen MR) is 73.4 cm³/mol. The van der Waals surface area contributed by atoms with E-state index in [-0.39, 0.29) is 0 Å². The van der Waals surface area contributed by atoms with Crippen LogP contribution in [0.5, 0.6) is 0 Å². The summed E-state index contributed by atoms with van der Waals surface area (Å²) in [4.78, 5) is 0. The highest BCUT2D eigenvalue weighted by Crippen LogP contribution is 2.21. The van der Waals surface area contributed by atoms with Crippen molar-refractivity contribution in [3.05, 3.63) is 34.9 Å². The van der Waals surface area contributed by atoms with Gasteiger partial charge in [0.15, 0.2) is 0 Å². The van der Waals surface area contributed by atoms with Crippen molar-refractivity contribution in [1.29, 1.82) is 0 Å². The summed E-state index contributed by atoms with van der Waals surface area (Å²) in [5, 5.41) is 3.55. The van der Waals surface area contributed by atoms with Gasteiger partial charge in [-0.05, 0) is 49.9 Å². The van der Waals surface area contributed by atoms with E-state index in [4.69, 9.17) is 4.74 Å². The van der Waals surface area contributed by atoms with Crippen LogP contribution in [0.3, 0.4) is 0 Å². The molecule has 0 aliphatic rings. The van der Waals surface area contributed by atoms with Crippen LogP contribution >= 0.6 is 0 Å².